The van der Waals surface area contributed by atoms with Gasteiger partial charge in [-0.15, -0.1) is 0 Å². The summed E-state index contributed by atoms with van der Waals surface area (Å²) in [6, 6.07) is 5.96. The Hall–Kier alpha value is -1.71. The molecule has 1 aliphatic rings. The van der Waals surface area contributed by atoms with E-state index < -0.39 is 5.97 Å². The Bertz CT molecular complexity index is 443. The van der Waals surface area contributed by atoms with Gasteiger partial charge in [-0.2, -0.15) is 0 Å². The summed E-state index contributed by atoms with van der Waals surface area (Å²) in [5.74, 6) is 0.0517. The second-order valence-electron chi connectivity index (χ2n) is 4.93. The second-order valence-corrected chi connectivity index (χ2v) is 4.93. The topological polar surface area (TPSA) is 58.6 Å². The highest BCUT2D eigenvalue weighted by atomic mass is 16.5. The Kier molecular flexibility index (Phi) is 3.75. The number of anilines is 1. The maximum atomic E-state index is 10.8. The number of para-hydroxylation sites is 1. The zero-order valence-electron chi connectivity index (χ0n) is 10.8. The lowest BCUT2D eigenvalue weighted by atomic mass is 9.96. The molecule has 0 spiro atoms. The minimum atomic E-state index is -0.766. The minimum Gasteiger partial charge on any atom is -0.489 e. The average Bonchev–Trinajstić information content (AvgIpc) is 2.28. The van der Waals surface area contributed by atoms with E-state index in [9.17, 15) is 4.79 Å². The van der Waals surface area contributed by atoms with E-state index in [1.807, 2.05) is 26.0 Å². The molecule has 0 radical (unpaired) electrons. The zero-order valence-corrected chi connectivity index (χ0v) is 10.8. The molecular weight excluding hydrogens is 230 g/mol. The molecule has 1 atom stereocenters. The van der Waals surface area contributed by atoms with Crippen molar-refractivity contribution in [3.05, 3.63) is 23.8 Å². The zero-order chi connectivity index (χ0) is 13.1. The molecule has 1 aliphatic heterocycles. The van der Waals surface area contributed by atoms with E-state index in [1.165, 1.54) is 5.56 Å². The number of fused-ring (bicyclic) bond motifs is 1. The highest BCUT2D eigenvalue weighted by Crippen LogP contribution is 2.35. The number of carboxylic acid groups (broad SMARTS) is 1. The number of aliphatic carboxylic acids is 1. The summed E-state index contributed by atoms with van der Waals surface area (Å²) >= 11 is 0. The van der Waals surface area contributed by atoms with Crippen LogP contribution in [0.5, 0.6) is 5.75 Å². The van der Waals surface area contributed by atoms with Crippen molar-refractivity contribution in [2.45, 2.75) is 45.3 Å². The molecule has 0 bridgehead atoms. The SMILES string of the molecule is CC(C)Oc1cccc2c1NC(CC(=O)O)CC2. The lowest BCUT2D eigenvalue weighted by molar-refractivity contribution is -0.137. The highest BCUT2D eigenvalue weighted by molar-refractivity contribution is 5.70. The molecule has 18 heavy (non-hydrogen) atoms. The summed E-state index contributed by atoms with van der Waals surface area (Å²) in [6.45, 7) is 3.97. The van der Waals surface area contributed by atoms with Gasteiger partial charge in [-0.05, 0) is 38.3 Å². The number of benzene rings is 1. The van der Waals surface area contributed by atoms with Gasteiger partial charge in [-0.3, -0.25) is 4.79 Å². The van der Waals surface area contributed by atoms with E-state index >= 15 is 0 Å². The fourth-order valence-corrected chi connectivity index (χ4v) is 2.27. The Morgan fingerprint density at radius 2 is 2.33 bits per heavy atom. The molecule has 1 unspecified atom stereocenters. The van der Waals surface area contributed by atoms with Gasteiger partial charge in [0.25, 0.3) is 0 Å². The first-order chi connectivity index (χ1) is 8.56. The molecule has 2 rings (SSSR count). The first kappa shape index (κ1) is 12.7. The molecule has 0 saturated heterocycles. The molecule has 1 heterocycles. The minimum absolute atomic E-state index is 0.00749. The Labute approximate surface area is 107 Å². The van der Waals surface area contributed by atoms with Crippen LogP contribution in [-0.4, -0.2) is 23.2 Å². The van der Waals surface area contributed by atoms with Crippen molar-refractivity contribution in [1.82, 2.24) is 0 Å². The van der Waals surface area contributed by atoms with E-state index in [0.29, 0.717) is 0 Å². The number of nitrogens with one attached hydrogen (secondary N) is 1. The maximum absolute atomic E-state index is 10.8. The van der Waals surface area contributed by atoms with Crippen LogP contribution in [0.4, 0.5) is 5.69 Å². The van der Waals surface area contributed by atoms with Crippen molar-refractivity contribution in [2.24, 2.45) is 0 Å². The predicted molar refractivity (Wildman–Crippen MR) is 70.2 cm³/mol. The summed E-state index contributed by atoms with van der Waals surface area (Å²) in [5.41, 5.74) is 2.17. The molecule has 98 valence electrons. The van der Waals surface area contributed by atoms with Gasteiger partial charge >= 0.3 is 5.97 Å². The molecule has 0 fully saturated rings. The van der Waals surface area contributed by atoms with Gasteiger partial charge in [-0.25, -0.2) is 0 Å². The van der Waals surface area contributed by atoms with E-state index in [-0.39, 0.29) is 18.6 Å². The predicted octanol–water partition coefficient (Wildman–Crippen LogP) is 2.68. The smallest absolute Gasteiger partial charge is 0.305 e. The van der Waals surface area contributed by atoms with Crippen LogP contribution in [0.2, 0.25) is 0 Å². The molecule has 0 aliphatic carbocycles. The lowest BCUT2D eigenvalue weighted by Gasteiger charge is -2.28. The summed E-state index contributed by atoms with van der Waals surface area (Å²) in [4.78, 5) is 10.8. The molecular formula is C14H19NO3. The van der Waals surface area contributed by atoms with Crippen LogP contribution in [0.25, 0.3) is 0 Å². The van der Waals surface area contributed by atoms with Crippen molar-refractivity contribution in [2.75, 3.05) is 5.32 Å². The molecule has 0 aromatic heterocycles. The second kappa shape index (κ2) is 5.29. The van der Waals surface area contributed by atoms with Crippen LogP contribution >= 0.6 is 0 Å². The fourth-order valence-electron chi connectivity index (χ4n) is 2.27. The standard InChI is InChI=1S/C14H19NO3/c1-9(2)18-12-5-3-4-10-6-7-11(8-13(16)17)15-14(10)12/h3-5,9,11,15H,6-8H2,1-2H3,(H,16,17). The maximum Gasteiger partial charge on any atom is 0.305 e. The van der Waals surface area contributed by atoms with Crippen molar-refractivity contribution >= 4 is 11.7 Å². The third-order valence-electron chi connectivity index (χ3n) is 3.01. The van der Waals surface area contributed by atoms with E-state index in [1.54, 1.807) is 0 Å². The molecule has 1 aromatic carbocycles. The van der Waals surface area contributed by atoms with Crippen LogP contribution in [0, 0.1) is 0 Å². The third-order valence-corrected chi connectivity index (χ3v) is 3.01. The number of rotatable bonds is 4. The number of carbonyl (C=O) groups is 1. The van der Waals surface area contributed by atoms with Gasteiger partial charge in [0.2, 0.25) is 0 Å². The van der Waals surface area contributed by atoms with Gasteiger partial charge in [0.05, 0.1) is 18.2 Å². The Morgan fingerprint density at radius 3 is 3.00 bits per heavy atom. The Morgan fingerprint density at radius 1 is 1.56 bits per heavy atom. The van der Waals surface area contributed by atoms with E-state index in [2.05, 4.69) is 11.4 Å². The van der Waals surface area contributed by atoms with Gasteiger partial charge in [0.1, 0.15) is 5.75 Å². The van der Waals surface area contributed by atoms with Crippen molar-refractivity contribution in [3.8, 4) is 5.75 Å². The molecule has 4 heteroatoms. The lowest BCUT2D eigenvalue weighted by Crippen LogP contribution is -2.28. The highest BCUT2D eigenvalue weighted by Gasteiger charge is 2.22. The molecule has 0 amide bonds. The van der Waals surface area contributed by atoms with Crippen LogP contribution in [0.1, 0.15) is 32.3 Å². The number of hydrogen-bond acceptors (Lipinski definition) is 3. The van der Waals surface area contributed by atoms with Gasteiger partial charge in [0.15, 0.2) is 0 Å². The summed E-state index contributed by atoms with van der Waals surface area (Å²) in [6.07, 6.45) is 2.01. The van der Waals surface area contributed by atoms with Crippen LogP contribution in [-0.2, 0) is 11.2 Å². The quantitative estimate of drug-likeness (QED) is 0.861. The number of hydrogen-bond donors (Lipinski definition) is 2. The van der Waals surface area contributed by atoms with Crippen LogP contribution in [0.3, 0.4) is 0 Å². The van der Waals surface area contributed by atoms with Gasteiger partial charge in [0, 0.05) is 6.04 Å². The molecule has 0 saturated carbocycles. The summed E-state index contributed by atoms with van der Waals surface area (Å²) in [7, 11) is 0. The summed E-state index contributed by atoms with van der Waals surface area (Å²) < 4.78 is 5.76. The van der Waals surface area contributed by atoms with E-state index in [0.717, 1.165) is 24.3 Å². The normalized spacial score (nSPS) is 18.1. The average molecular weight is 249 g/mol. The monoisotopic (exact) mass is 249 g/mol. The fraction of sp³-hybridized carbons (Fsp3) is 0.500. The molecule has 4 nitrogen and oxygen atoms in total. The third kappa shape index (κ3) is 2.94. The largest absolute Gasteiger partial charge is 0.489 e. The van der Waals surface area contributed by atoms with Crippen LogP contribution < -0.4 is 10.1 Å². The Balaban J connectivity index is 2.20. The van der Waals surface area contributed by atoms with Gasteiger partial charge in [-0.1, -0.05) is 12.1 Å². The van der Waals surface area contributed by atoms with Crippen molar-refractivity contribution < 1.29 is 14.6 Å². The number of carboxylic acids is 1. The van der Waals surface area contributed by atoms with E-state index in [4.69, 9.17) is 9.84 Å². The first-order valence-corrected chi connectivity index (χ1v) is 6.33. The van der Waals surface area contributed by atoms with Crippen molar-refractivity contribution in [3.63, 3.8) is 0 Å². The van der Waals surface area contributed by atoms with Crippen LogP contribution in [0.15, 0.2) is 18.2 Å². The molecule has 2 N–H and O–H groups in total. The number of ether oxygens (including phenoxy) is 1. The van der Waals surface area contributed by atoms with Gasteiger partial charge < -0.3 is 15.2 Å². The molecule has 1 aromatic rings. The first-order valence-electron chi connectivity index (χ1n) is 6.33. The number of aryl methyl sites for hydroxylation is 1. The van der Waals surface area contributed by atoms with Crippen molar-refractivity contribution in [1.29, 1.82) is 0 Å². The summed E-state index contributed by atoms with van der Waals surface area (Å²) in [5, 5.41) is 12.2.